The molecule has 0 atom stereocenters. The van der Waals surface area contributed by atoms with E-state index in [2.05, 4.69) is 11.2 Å². The Bertz CT molecular complexity index is 712. The lowest BCUT2D eigenvalue weighted by molar-refractivity contribution is 0.0916. The Kier molecular flexibility index (Phi) is 7.00. The topological polar surface area (TPSA) is 66.5 Å². The summed E-state index contributed by atoms with van der Waals surface area (Å²) in [4.78, 5) is 12.6. The predicted octanol–water partition coefficient (Wildman–Crippen LogP) is 2.64. The number of hydrogen-bond donors (Lipinski definition) is 1. The predicted molar refractivity (Wildman–Crippen MR) is 96.2 cm³/mol. The smallest absolute Gasteiger partial charge is 0.252 e. The summed E-state index contributed by atoms with van der Waals surface area (Å²) >= 11 is 0. The molecule has 1 aromatic rings. The Balaban J connectivity index is 3.18. The second-order valence-electron chi connectivity index (χ2n) is 5.50. The van der Waals surface area contributed by atoms with Gasteiger partial charge >= 0.3 is 0 Å². The highest BCUT2D eigenvalue weighted by Gasteiger charge is 2.27. The molecule has 5 nitrogen and oxygen atoms in total. The molecular weight excluding hydrogens is 324 g/mol. The Morgan fingerprint density at radius 1 is 1.21 bits per heavy atom. The van der Waals surface area contributed by atoms with Gasteiger partial charge in [0.1, 0.15) is 5.54 Å². The average Bonchev–Trinajstić information content (AvgIpc) is 2.60. The SMILES string of the molecule is C#CC(CC)(CC)NC(=O)c1cccc(S(=O)(=O)N(CC)CC)c1. The van der Waals surface area contributed by atoms with Crippen LogP contribution < -0.4 is 5.32 Å². The number of sulfonamides is 1. The van der Waals surface area contributed by atoms with E-state index in [-0.39, 0.29) is 16.4 Å². The van der Waals surface area contributed by atoms with E-state index in [4.69, 9.17) is 6.42 Å². The van der Waals surface area contributed by atoms with Gasteiger partial charge in [-0.3, -0.25) is 4.79 Å². The van der Waals surface area contributed by atoms with Crippen molar-refractivity contribution >= 4 is 15.9 Å². The van der Waals surface area contributed by atoms with Crippen molar-refractivity contribution in [1.82, 2.24) is 9.62 Å². The molecule has 0 saturated heterocycles. The molecule has 6 heteroatoms. The maximum absolute atomic E-state index is 12.6. The molecular formula is C18H26N2O3S. The minimum absolute atomic E-state index is 0.109. The van der Waals surface area contributed by atoms with E-state index in [9.17, 15) is 13.2 Å². The minimum Gasteiger partial charge on any atom is -0.336 e. The summed E-state index contributed by atoms with van der Waals surface area (Å²) in [5, 5.41) is 2.85. The summed E-state index contributed by atoms with van der Waals surface area (Å²) in [6, 6.07) is 6.05. The first-order chi connectivity index (χ1) is 11.3. The van der Waals surface area contributed by atoms with Crippen LogP contribution in [-0.4, -0.2) is 37.3 Å². The molecule has 0 bridgehead atoms. The third kappa shape index (κ3) is 4.16. The summed E-state index contributed by atoms with van der Waals surface area (Å²) < 4.78 is 26.5. The zero-order chi connectivity index (χ0) is 18.4. The molecule has 0 heterocycles. The lowest BCUT2D eigenvalue weighted by Crippen LogP contribution is -2.46. The quantitative estimate of drug-likeness (QED) is 0.733. The summed E-state index contributed by atoms with van der Waals surface area (Å²) in [5.41, 5.74) is -0.435. The number of hydrogen-bond acceptors (Lipinski definition) is 3. The van der Waals surface area contributed by atoms with Gasteiger partial charge in [0.05, 0.1) is 4.90 Å². The monoisotopic (exact) mass is 350 g/mol. The second-order valence-corrected chi connectivity index (χ2v) is 7.44. The normalized spacial score (nSPS) is 12.0. The van der Waals surface area contributed by atoms with E-state index in [0.717, 1.165) is 0 Å². The fourth-order valence-corrected chi connectivity index (χ4v) is 3.97. The maximum atomic E-state index is 12.6. The van der Waals surface area contributed by atoms with Crippen molar-refractivity contribution in [2.45, 2.75) is 51.0 Å². The molecule has 0 aliphatic heterocycles. The van der Waals surface area contributed by atoms with E-state index < -0.39 is 15.6 Å². The fourth-order valence-electron chi connectivity index (χ4n) is 2.47. The van der Waals surface area contributed by atoms with E-state index in [1.54, 1.807) is 26.0 Å². The number of nitrogens with one attached hydrogen (secondary N) is 1. The maximum Gasteiger partial charge on any atom is 0.252 e. The third-order valence-electron chi connectivity index (χ3n) is 4.28. The Morgan fingerprint density at radius 2 is 1.79 bits per heavy atom. The fraction of sp³-hybridized carbons (Fsp3) is 0.500. The number of nitrogens with zero attached hydrogens (tertiary/aromatic N) is 1. The van der Waals surface area contributed by atoms with Crippen LogP contribution in [0.25, 0.3) is 0 Å². The Labute approximate surface area is 145 Å². The van der Waals surface area contributed by atoms with E-state index >= 15 is 0 Å². The van der Waals surface area contributed by atoms with Crippen LogP contribution in [0, 0.1) is 12.3 Å². The minimum atomic E-state index is -3.60. The van der Waals surface area contributed by atoms with Gasteiger partial charge in [-0.05, 0) is 31.0 Å². The first-order valence-electron chi connectivity index (χ1n) is 8.20. The zero-order valence-corrected chi connectivity index (χ0v) is 15.6. The van der Waals surface area contributed by atoms with Crippen LogP contribution in [0.3, 0.4) is 0 Å². The van der Waals surface area contributed by atoms with Crippen LogP contribution in [0.5, 0.6) is 0 Å². The molecule has 0 unspecified atom stereocenters. The standard InChI is InChI=1S/C18H26N2O3S/c1-6-18(7-2,8-3)19-17(21)15-12-11-13-16(14-15)24(22,23)20(9-4)10-5/h1,11-14H,7-10H2,2-5H3,(H,19,21). The van der Waals surface area contributed by atoms with E-state index in [1.807, 2.05) is 13.8 Å². The van der Waals surface area contributed by atoms with Gasteiger partial charge in [-0.1, -0.05) is 39.7 Å². The summed E-state index contributed by atoms with van der Waals surface area (Å²) in [6.07, 6.45) is 6.76. The number of carbonyl (C=O) groups excluding carboxylic acids is 1. The first kappa shape index (κ1) is 20.2. The third-order valence-corrected chi connectivity index (χ3v) is 6.32. The van der Waals surface area contributed by atoms with Crippen LogP contribution in [-0.2, 0) is 10.0 Å². The van der Waals surface area contributed by atoms with Gasteiger partial charge in [-0.25, -0.2) is 8.42 Å². The van der Waals surface area contributed by atoms with Crippen LogP contribution in [0.2, 0.25) is 0 Å². The van der Waals surface area contributed by atoms with E-state index in [0.29, 0.717) is 25.9 Å². The van der Waals surface area contributed by atoms with Crippen molar-refractivity contribution in [2.75, 3.05) is 13.1 Å². The van der Waals surface area contributed by atoms with Crippen molar-refractivity contribution in [3.63, 3.8) is 0 Å². The largest absolute Gasteiger partial charge is 0.336 e. The molecule has 132 valence electrons. The van der Waals surface area contributed by atoms with Gasteiger partial charge in [-0.2, -0.15) is 4.31 Å². The van der Waals surface area contributed by atoms with Crippen molar-refractivity contribution < 1.29 is 13.2 Å². The van der Waals surface area contributed by atoms with Gasteiger partial charge in [-0.15, -0.1) is 6.42 Å². The highest BCUT2D eigenvalue weighted by atomic mass is 32.2. The highest BCUT2D eigenvalue weighted by molar-refractivity contribution is 7.89. The van der Waals surface area contributed by atoms with Gasteiger partial charge in [0.15, 0.2) is 0 Å². The second kappa shape index (κ2) is 8.32. The molecule has 1 N–H and O–H groups in total. The lowest BCUT2D eigenvalue weighted by Gasteiger charge is -2.27. The van der Waals surface area contributed by atoms with Crippen molar-refractivity contribution in [3.05, 3.63) is 29.8 Å². The Hall–Kier alpha value is -1.84. The molecule has 0 saturated carbocycles. The number of rotatable bonds is 8. The van der Waals surface area contributed by atoms with Crippen LogP contribution in [0.15, 0.2) is 29.2 Å². The number of amides is 1. The molecule has 1 aromatic carbocycles. The number of benzene rings is 1. The number of terminal acetylenes is 1. The van der Waals surface area contributed by atoms with E-state index in [1.165, 1.54) is 16.4 Å². The molecule has 24 heavy (non-hydrogen) atoms. The molecule has 0 aromatic heterocycles. The summed E-state index contributed by atoms with van der Waals surface area (Å²) in [6.45, 7) is 8.13. The molecule has 0 aliphatic carbocycles. The van der Waals surface area contributed by atoms with Crippen LogP contribution in [0.4, 0.5) is 0 Å². The van der Waals surface area contributed by atoms with Gasteiger partial charge < -0.3 is 5.32 Å². The van der Waals surface area contributed by atoms with Crippen molar-refractivity contribution in [3.8, 4) is 12.3 Å². The van der Waals surface area contributed by atoms with Gasteiger partial charge in [0.25, 0.3) is 5.91 Å². The molecule has 0 radical (unpaired) electrons. The number of carbonyl (C=O) groups is 1. The zero-order valence-electron chi connectivity index (χ0n) is 14.8. The van der Waals surface area contributed by atoms with Crippen molar-refractivity contribution in [1.29, 1.82) is 0 Å². The van der Waals surface area contributed by atoms with Crippen molar-refractivity contribution in [2.24, 2.45) is 0 Å². The van der Waals surface area contributed by atoms with Crippen LogP contribution in [0.1, 0.15) is 50.9 Å². The average molecular weight is 350 g/mol. The summed E-state index contributed by atoms with van der Waals surface area (Å²) in [5.74, 6) is 2.27. The van der Waals surface area contributed by atoms with Gasteiger partial charge in [0.2, 0.25) is 10.0 Å². The summed E-state index contributed by atoms with van der Waals surface area (Å²) in [7, 11) is -3.60. The molecule has 1 amide bonds. The van der Waals surface area contributed by atoms with Crippen LogP contribution >= 0.6 is 0 Å². The lowest BCUT2D eigenvalue weighted by atomic mass is 9.93. The molecule has 0 aliphatic rings. The molecule has 0 spiro atoms. The molecule has 1 rings (SSSR count). The first-order valence-corrected chi connectivity index (χ1v) is 9.64. The molecule has 0 fully saturated rings. The Morgan fingerprint density at radius 3 is 2.25 bits per heavy atom. The highest BCUT2D eigenvalue weighted by Crippen LogP contribution is 2.19. The van der Waals surface area contributed by atoms with Gasteiger partial charge in [0, 0.05) is 18.7 Å².